The van der Waals surface area contributed by atoms with Gasteiger partial charge in [-0.3, -0.25) is 0 Å². The molecule has 0 atom stereocenters. The van der Waals surface area contributed by atoms with Crippen molar-refractivity contribution in [1.29, 1.82) is 0 Å². The first kappa shape index (κ1) is 8.82. The molecule has 4 heavy (non-hydrogen) atoms. The van der Waals surface area contributed by atoms with Gasteiger partial charge in [-0.15, -0.1) is 17.0 Å². The molecule has 0 spiro atoms. The predicted molar refractivity (Wildman–Crippen MR) is 23.9 cm³/mol. The lowest BCUT2D eigenvalue weighted by molar-refractivity contribution is 1.23. The minimum Gasteiger partial charge on any atom is -0.114 e. The third-order valence-corrected chi connectivity index (χ3v) is 0. The molecule has 3 radical (unpaired) electrons. The van der Waals surface area contributed by atoms with Crippen LogP contribution in [-0.2, 0) is 0 Å². The molecule has 1 heteroatoms. The first-order valence-electron chi connectivity index (χ1n) is 1.06. The summed E-state index contributed by atoms with van der Waals surface area (Å²) in [6.45, 7) is 8.00. The highest BCUT2D eigenvalue weighted by atomic mass is 79.9. The summed E-state index contributed by atoms with van der Waals surface area (Å²) in [7, 11) is 0. The van der Waals surface area contributed by atoms with E-state index >= 15 is 0 Å². The summed E-state index contributed by atoms with van der Waals surface area (Å²) in [5.74, 6) is 0. The monoisotopic (exact) mass is 121 g/mol. The van der Waals surface area contributed by atoms with Crippen LogP contribution in [0, 0.1) is 6.92 Å². The van der Waals surface area contributed by atoms with Crippen molar-refractivity contribution in [3.8, 4) is 0 Å². The van der Waals surface area contributed by atoms with Crippen LogP contribution < -0.4 is 0 Å². The molecule has 25 valence electrons. The van der Waals surface area contributed by atoms with Crippen LogP contribution in [0.4, 0.5) is 0 Å². The van der Waals surface area contributed by atoms with E-state index in [0.717, 1.165) is 0 Å². The summed E-state index contributed by atoms with van der Waals surface area (Å²) in [5, 5.41) is 0. The molecule has 0 bridgehead atoms. The van der Waals surface area contributed by atoms with Gasteiger partial charge in [0.05, 0.1) is 0 Å². The third kappa shape index (κ3) is 23.6. The number of halogens is 1. The smallest absolute Gasteiger partial charge is 0.00965 e. The van der Waals surface area contributed by atoms with E-state index in [1.54, 1.807) is 6.92 Å². The average Bonchev–Trinajstić information content (AvgIpc) is 0.918. The van der Waals surface area contributed by atoms with E-state index in [-0.39, 0.29) is 17.0 Å². The summed E-state index contributed by atoms with van der Waals surface area (Å²) in [4.78, 5) is 0. The zero-order chi connectivity index (χ0) is 2.71. The lowest BCUT2D eigenvalue weighted by Crippen LogP contribution is -1.29. The molecule has 0 rings (SSSR count). The van der Waals surface area contributed by atoms with Gasteiger partial charge in [-0.05, 0) is 13.3 Å². The van der Waals surface area contributed by atoms with Gasteiger partial charge in [-0.25, -0.2) is 0 Å². The van der Waals surface area contributed by atoms with E-state index in [2.05, 4.69) is 0 Å². The second-order valence-electron chi connectivity index (χ2n) is 0.354. The SMILES string of the molecule is Br.[C]CC. The van der Waals surface area contributed by atoms with E-state index in [1.807, 2.05) is 0 Å². The maximum atomic E-state index is 6.21. The maximum absolute atomic E-state index is 6.21. The molecule has 0 aliphatic carbocycles. The van der Waals surface area contributed by atoms with E-state index in [4.69, 9.17) is 6.92 Å². The van der Waals surface area contributed by atoms with Gasteiger partial charge in [-0.1, -0.05) is 6.92 Å². The molecule has 0 fully saturated rings. The number of rotatable bonds is 0. The molecule has 0 saturated carbocycles. The van der Waals surface area contributed by atoms with Gasteiger partial charge in [0.25, 0.3) is 0 Å². The highest BCUT2D eigenvalue weighted by Gasteiger charge is 1.37. The molecular formula is C3H6Br. The summed E-state index contributed by atoms with van der Waals surface area (Å²) in [6.07, 6.45) is 0.500. The molecule has 0 aliphatic rings. The topological polar surface area (TPSA) is 0 Å². The molecule has 0 N–H and O–H groups in total. The van der Waals surface area contributed by atoms with Gasteiger partial charge in [0.2, 0.25) is 0 Å². The first-order chi connectivity index (χ1) is 1.41. The van der Waals surface area contributed by atoms with Crippen LogP contribution in [0.15, 0.2) is 0 Å². The van der Waals surface area contributed by atoms with Crippen molar-refractivity contribution >= 4 is 17.0 Å². The number of hydrogen-bond acceptors (Lipinski definition) is 0. The standard InChI is InChI=1S/C3H5.BrH/c1-3-2;/h3H2,1H3;1H. The summed E-state index contributed by atoms with van der Waals surface area (Å²) >= 11 is 0. The highest BCUT2D eigenvalue weighted by molar-refractivity contribution is 8.93. The Labute approximate surface area is 38.0 Å². The number of hydrogen-bond donors (Lipinski definition) is 0. The Morgan fingerprint density at radius 2 is 1.75 bits per heavy atom. The largest absolute Gasteiger partial charge is 0.114 e. The molecule has 0 nitrogen and oxygen atoms in total. The zero-order valence-corrected chi connectivity index (χ0v) is 4.33. The Kier molecular flexibility index (Phi) is 21.5. The quantitative estimate of drug-likeness (QED) is 0.457. The van der Waals surface area contributed by atoms with Crippen molar-refractivity contribution in [3.63, 3.8) is 0 Å². The van der Waals surface area contributed by atoms with Gasteiger partial charge < -0.3 is 0 Å². The van der Waals surface area contributed by atoms with Gasteiger partial charge in [0.1, 0.15) is 0 Å². The van der Waals surface area contributed by atoms with Crippen LogP contribution >= 0.6 is 17.0 Å². The second-order valence-corrected chi connectivity index (χ2v) is 0.354. The van der Waals surface area contributed by atoms with Gasteiger partial charge in [0, 0.05) is 0 Å². The Bertz CT molecular complexity index is 3.25. The molecule has 0 aromatic rings. The Balaban J connectivity index is 0. The van der Waals surface area contributed by atoms with Crippen molar-refractivity contribution in [2.45, 2.75) is 13.3 Å². The minimum atomic E-state index is 0. The summed E-state index contributed by atoms with van der Waals surface area (Å²) < 4.78 is 0. The molecule has 0 amide bonds. The van der Waals surface area contributed by atoms with Crippen molar-refractivity contribution in [2.24, 2.45) is 0 Å². The van der Waals surface area contributed by atoms with Crippen LogP contribution in [0.5, 0.6) is 0 Å². The molecule has 0 saturated heterocycles. The molecular weight excluding hydrogens is 116 g/mol. The van der Waals surface area contributed by atoms with Gasteiger partial charge in [0.15, 0.2) is 0 Å². The second kappa shape index (κ2) is 9.77. The molecule has 0 aromatic heterocycles. The summed E-state index contributed by atoms with van der Waals surface area (Å²) in [5.41, 5.74) is 0. The molecule has 0 aromatic carbocycles. The van der Waals surface area contributed by atoms with Crippen molar-refractivity contribution < 1.29 is 0 Å². The average molecular weight is 122 g/mol. The molecule has 0 aliphatic heterocycles. The Morgan fingerprint density at radius 3 is 1.75 bits per heavy atom. The van der Waals surface area contributed by atoms with Crippen LogP contribution in [0.3, 0.4) is 0 Å². The van der Waals surface area contributed by atoms with Crippen molar-refractivity contribution in [2.75, 3.05) is 0 Å². The fraction of sp³-hybridized carbons (Fsp3) is 0.667. The fourth-order valence-corrected chi connectivity index (χ4v) is 0. The van der Waals surface area contributed by atoms with E-state index in [1.165, 1.54) is 0 Å². The lowest BCUT2D eigenvalue weighted by atomic mass is 10.6. The Hall–Kier alpha value is 0.480. The maximum Gasteiger partial charge on any atom is -0.00965 e. The minimum absolute atomic E-state index is 0. The van der Waals surface area contributed by atoms with E-state index in [0.29, 0.717) is 6.42 Å². The van der Waals surface area contributed by atoms with E-state index < -0.39 is 0 Å². The third-order valence-electron chi connectivity index (χ3n) is 0. The fourth-order valence-electron chi connectivity index (χ4n) is 0. The van der Waals surface area contributed by atoms with E-state index in [9.17, 15) is 0 Å². The van der Waals surface area contributed by atoms with Crippen molar-refractivity contribution in [1.82, 2.24) is 0 Å². The van der Waals surface area contributed by atoms with Gasteiger partial charge in [-0.2, -0.15) is 0 Å². The molecule has 0 unspecified atom stereocenters. The Morgan fingerprint density at radius 1 is 1.75 bits per heavy atom. The first-order valence-corrected chi connectivity index (χ1v) is 1.06. The normalized spacial score (nSPS) is 4.50. The van der Waals surface area contributed by atoms with Crippen molar-refractivity contribution in [3.05, 3.63) is 6.92 Å². The van der Waals surface area contributed by atoms with Crippen LogP contribution in [0.2, 0.25) is 0 Å². The van der Waals surface area contributed by atoms with Crippen LogP contribution in [0.25, 0.3) is 0 Å². The van der Waals surface area contributed by atoms with Gasteiger partial charge >= 0.3 is 0 Å². The lowest BCUT2D eigenvalue weighted by Gasteiger charge is -1.46. The zero-order valence-electron chi connectivity index (χ0n) is 2.62. The van der Waals surface area contributed by atoms with Crippen LogP contribution in [0.1, 0.15) is 13.3 Å². The van der Waals surface area contributed by atoms with Crippen LogP contribution in [-0.4, -0.2) is 0 Å². The molecule has 0 heterocycles. The predicted octanol–water partition coefficient (Wildman–Crippen LogP) is 1.56. The summed E-state index contributed by atoms with van der Waals surface area (Å²) in [6, 6.07) is 0. The highest BCUT2D eigenvalue weighted by Crippen LogP contribution is 1.54.